The van der Waals surface area contributed by atoms with Crippen LogP contribution in [0.5, 0.6) is 0 Å². The van der Waals surface area contributed by atoms with Crippen LogP contribution in [0.15, 0.2) is 72.8 Å². The van der Waals surface area contributed by atoms with Crippen molar-refractivity contribution in [2.24, 2.45) is 0 Å². The van der Waals surface area contributed by atoms with Crippen LogP contribution in [0.2, 0.25) is 0 Å². The van der Waals surface area contributed by atoms with Gasteiger partial charge >= 0.3 is 0 Å². The van der Waals surface area contributed by atoms with Gasteiger partial charge in [-0.05, 0) is 67.6 Å². The molecule has 1 saturated heterocycles. The molecule has 58 heavy (non-hydrogen) atoms. The zero-order chi connectivity index (χ0) is 41.2. The number of hydrogen-bond acceptors (Lipinski definition) is 7. The highest BCUT2D eigenvalue weighted by molar-refractivity contribution is 5.93. The molecule has 0 saturated carbocycles. The number of nitrogens with zero attached hydrogens (tertiary/aromatic N) is 1. The van der Waals surface area contributed by atoms with E-state index < -0.39 is 6.29 Å². The van der Waals surface area contributed by atoms with Crippen LogP contribution in [0.25, 0.3) is 0 Å². The summed E-state index contributed by atoms with van der Waals surface area (Å²) in [6, 6.07) is 23.6. The number of nitrogen functional groups attached to an aromatic ring is 1. The summed E-state index contributed by atoms with van der Waals surface area (Å²) in [5.41, 5.74) is 11.1. The molecule has 3 atom stereocenters. The molecule has 1 heterocycles. The van der Waals surface area contributed by atoms with Gasteiger partial charge < -0.3 is 35.8 Å². The molecule has 0 spiro atoms. The van der Waals surface area contributed by atoms with Crippen molar-refractivity contribution < 1.29 is 24.2 Å². The summed E-state index contributed by atoms with van der Waals surface area (Å²) in [6.07, 6.45) is 19.9. The molecule has 0 aliphatic carbocycles. The Bertz CT molecular complexity index is 1550. The highest BCUT2D eigenvalue weighted by Gasteiger charge is 2.33. The number of para-hydroxylation sites is 2. The summed E-state index contributed by atoms with van der Waals surface area (Å²) in [5.74, 6) is -0.00890. The Morgan fingerprint density at radius 3 is 1.84 bits per heavy atom. The first kappa shape index (κ1) is 46.9. The lowest BCUT2D eigenvalue weighted by Gasteiger charge is -2.38. The minimum Gasteiger partial charge on any atom is -0.397 e. The van der Waals surface area contributed by atoms with Crippen LogP contribution in [-0.2, 0) is 32.2 Å². The number of nitrogens with one attached hydrogen (secondary N) is 2. The summed E-state index contributed by atoms with van der Waals surface area (Å²) in [7, 11) is 0. The Morgan fingerprint density at radius 1 is 0.672 bits per heavy atom. The van der Waals surface area contributed by atoms with Gasteiger partial charge in [-0.1, -0.05) is 152 Å². The van der Waals surface area contributed by atoms with Gasteiger partial charge in [-0.2, -0.15) is 0 Å². The number of anilines is 2. The molecule has 2 amide bonds. The van der Waals surface area contributed by atoms with Gasteiger partial charge in [-0.25, -0.2) is 0 Å². The Morgan fingerprint density at radius 2 is 1.22 bits per heavy atom. The largest absolute Gasteiger partial charge is 0.397 e. The van der Waals surface area contributed by atoms with Crippen LogP contribution in [0.4, 0.5) is 11.4 Å². The minimum absolute atomic E-state index is 0.0197. The quantitative estimate of drug-likeness (QED) is 0.0407. The predicted molar refractivity (Wildman–Crippen MR) is 237 cm³/mol. The molecule has 5 N–H and O–H groups in total. The number of carbonyl (C=O) groups is 2. The zero-order valence-electron chi connectivity index (χ0n) is 35.7. The number of carbonyl (C=O) groups excluding carboxylic acids is 2. The number of ether oxygens (including phenoxy) is 2. The summed E-state index contributed by atoms with van der Waals surface area (Å²) in [4.78, 5) is 27.5. The summed E-state index contributed by atoms with van der Waals surface area (Å²) in [5, 5.41) is 15.6. The monoisotopic (exact) mass is 799 g/mol. The molecular weight excluding hydrogens is 725 g/mol. The van der Waals surface area contributed by atoms with Crippen LogP contribution >= 0.6 is 0 Å². The fourth-order valence-corrected chi connectivity index (χ4v) is 7.68. The number of aliphatic hydroxyl groups is 1. The van der Waals surface area contributed by atoms with E-state index >= 15 is 0 Å². The molecule has 1 aliphatic heterocycles. The van der Waals surface area contributed by atoms with Gasteiger partial charge in [-0.15, -0.1) is 0 Å². The van der Waals surface area contributed by atoms with Crippen molar-refractivity contribution in [1.82, 2.24) is 10.2 Å². The van der Waals surface area contributed by atoms with Gasteiger partial charge in [0.05, 0.1) is 30.2 Å². The molecule has 3 aromatic carbocycles. The first-order valence-electron chi connectivity index (χ1n) is 22.6. The Hall–Kier alpha value is -3.76. The standard InChI is InChI=1S/C49H74N4O5/c1-3-5-7-9-13-19-33-53(34-20-14-10-8-6-4-2)37-43-35-46(41-29-27-40(38-54)28-30-41)58-49(57-43)42-31-25-39(26-32-42)36-51-47(55)23-15-11-12-16-24-48(56)52-45-22-18-17-21-44(45)50/h17-18,21-22,25-32,43,46,49,54H,3-16,19-20,23-24,33-38,50H2,1-2H3,(H,51,55)(H,52,56)/t43-,46+,49+/m0/s1. The topological polar surface area (TPSA) is 126 Å². The minimum atomic E-state index is -0.502. The third-order valence-electron chi connectivity index (χ3n) is 11.3. The number of rotatable bonds is 29. The smallest absolute Gasteiger partial charge is 0.224 e. The molecule has 3 aromatic rings. The second kappa shape index (κ2) is 27.8. The van der Waals surface area contributed by atoms with Gasteiger partial charge in [0.2, 0.25) is 11.8 Å². The summed E-state index contributed by atoms with van der Waals surface area (Å²) >= 11 is 0. The molecule has 9 nitrogen and oxygen atoms in total. The first-order chi connectivity index (χ1) is 28.4. The van der Waals surface area contributed by atoms with Crippen molar-refractivity contribution in [2.75, 3.05) is 30.7 Å². The van der Waals surface area contributed by atoms with Crippen molar-refractivity contribution >= 4 is 23.2 Å². The number of nitrogens with two attached hydrogens (primary N) is 1. The molecule has 0 radical (unpaired) electrons. The SMILES string of the molecule is CCCCCCCCN(CCCCCCCC)C[C@@H]1C[C@H](c2ccc(CO)cc2)O[C@H](c2ccc(CNC(=O)CCCCCCC(=O)Nc3ccccc3N)cc2)O1. The lowest BCUT2D eigenvalue weighted by Crippen LogP contribution is -2.40. The number of amides is 2. The molecule has 0 unspecified atom stereocenters. The Labute approximate surface area is 349 Å². The van der Waals surface area contributed by atoms with Crippen LogP contribution < -0.4 is 16.4 Å². The molecule has 9 heteroatoms. The van der Waals surface area contributed by atoms with E-state index in [0.717, 1.165) is 74.0 Å². The van der Waals surface area contributed by atoms with Crippen molar-refractivity contribution in [3.8, 4) is 0 Å². The molecule has 1 aliphatic rings. The fraction of sp³-hybridized carbons (Fsp3) is 0.592. The maximum absolute atomic E-state index is 12.6. The molecule has 0 aromatic heterocycles. The van der Waals surface area contributed by atoms with Crippen LogP contribution in [0, 0.1) is 0 Å². The molecule has 4 rings (SSSR count). The highest BCUT2D eigenvalue weighted by atomic mass is 16.7. The lowest BCUT2D eigenvalue weighted by molar-refractivity contribution is -0.253. The highest BCUT2D eigenvalue weighted by Crippen LogP contribution is 2.38. The van der Waals surface area contributed by atoms with Crippen molar-refractivity contribution in [3.05, 3.63) is 95.1 Å². The van der Waals surface area contributed by atoms with Gasteiger partial charge in [0.15, 0.2) is 6.29 Å². The Kier molecular flexibility index (Phi) is 22.5. The fourth-order valence-electron chi connectivity index (χ4n) is 7.68. The number of hydrogen-bond donors (Lipinski definition) is 4. The van der Waals surface area contributed by atoms with Gasteiger partial charge in [0, 0.05) is 37.9 Å². The van der Waals surface area contributed by atoms with E-state index in [0.29, 0.717) is 30.8 Å². The molecular formula is C49H74N4O5. The molecule has 320 valence electrons. The average molecular weight is 799 g/mol. The van der Waals surface area contributed by atoms with E-state index in [1.165, 1.54) is 77.0 Å². The number of unbranched alkanes of at least 4 members (excludes halogenated alkanes) is 13. The Balaban J connectivity index is 1.27. The van der Waals surface area contributed by atoms with E-state index in [1.807, 2.05) is 24.3 Å². The maximum Gasteiger partial charge on any atom is 0.224 e. The summed E-state index contributed by atoms with van der Waals surface area (Å²) < 4.78 is 13.4. The second-order valence-electron chi connectivity index (χ2n) is 16.3. The second-order valence-corrected chi connectivity index (χ2v) is 16.3. The normalized spacial score (nSPS) is 16.7. The number of aliphatic hydroxyl groups excluding tert-OH is 1. The summed E-state index contributed by atoms with van der Waals surface area (Å²) in [6.45, 7) is 8.12. The zero-order valence-corrected chi connectivity index (χ0v) is 35.7. The lowest BCUT2D eigenvalue weighted by atomic mass is 9.99. The van der Waals surface area contributed by atoms with E-state index in [9.17, 15) is 14.7 Å². The van der Waals surface area contributed by atoms with Gasteiger partial charge in [0.25, 0.3) is 0 Å². The molecule has 0 bridgehead atoms. The van der Waals surface area contributed by atoms with E-state index in [2.05, 4.69) is 65.8 Å². The third kappa shape index (κ3) is 18.0. The first-order valence-corrected chi connectivity index (χ1v) is 22.6. The average Bonchev–Trinajstić information content (AvgIpc) is 3.24. The van der Waals surface area contributed by atoms with Gasteiger partial charge in [-0.3, -0.25) is 9.59 Å². The van der Waals surface area contributed by atoms with E-state index in [4.69, 9.17) is 15.2 Å². The van der Waals surface area contributed by atoms with Crippen molar-refractivity contribution in [1.29, 1.82) is 0 Å². The van der Waals surface area contributed by atoms with E-state index in [-0.39, 0.29) is 30.6 Å². The van der Waals surface area contributed by atoms with Crippen LogP contribution in [0.3, 0.4) is 0 Å². The third-order valence-corrected chi connectivity index (χ3v) is 11.3. The van der Waals surface area contributed by atoms with E-state index in [1.54, 1.807) is 12.1 Å². The van der Waals surface area contributed by atoms with Crippen LogP contribution in [0.1, 0.15) is 170 Å². The van der Waals surface area contributed by atoms with Crippen molar-refractivity contribution in [2.45, 2.75) is 167 Å². The van der Waals surface area contributed by atoms with Gasteiger partial charge in [0.1, 0.15) is 0 Å². The molecule has 1 fully saturated rings. The predicted octanol–water partition coefficient (Wildman–Crippen LogP) is 10.9. The number of benzene rings is 3. The van der Waals surface area contributed by atoms with Crippen molar-refractivity contribution in [3.63, 3.8) is 0 Å². The maximum atomic E-state index is 12.6. The van der Waals surface area contributed by atoms with Crippen LogP contribution in [-0.4, -0.2) is 47.6 Å².